The molecule has 34 heavy (non-hydrogen) atoms. The molecule has 0 aliphatic rings. The second kappa shape index (κ2) is 10.8. The molecule has 0 bridgehead atoms. The number of rotatable bonds is 7. The van der Waals surface area contributed by atoms with Gasteiger partial charge in [0, 0.05) is 16.3 Å². The summed E-state index contributed by atoms with van der Waals surface area (Å²) in [7, 11) is 1.41. The molecule has 3 aromatic rings. The highest BCUT2D eigenvalue weighted by Gasteiger charge is 2.16. The molecule has 0 aliphatic carbocycles. The number of methoxy groups -OCH3 is 1. The number of nitrogens with one attached hydrogen (secondary N) is 3. The van der Waals surface area contributed by atoms with Gasteiger partial charge in [-0.15, -0.1) is 0 Å². The first kappa shape index (κ1) is 24.7. The predicted molar refractivity (Wildman–Crippen MR) is 129 cm³/mol. The maximum atomic E-state index is 14.1. The number of ether oxygens (including phenoxy) is 1. The lowest BCUT2D eigenvalue weighted by Gasteiger charge is -2.13. The molecule has 0 aliphatic heterocycles. The van der Waals surface area contributed by atoms with Gasteiger partial charge in [0.15, 0.2) is 0 Å². The fraction of sp³-hybridized carbons (Fsp3) is 0.160. The molecule has 176 valence electrons. The first-order valence-electron chi connectivity index (χ1n) is 10.3. The Morgan fingerprint density at radius 1 is 0.912 bits per heavy atom. The average Bonchev–Trinajstić information content (AvgIpc) is 2.79. The maximum Gasteiger partial charge on any atom is 0.258 e. The first-order chi connectivity index (χ1) is 16.2. The Morgan fingerprint density at radius 3 is 2.35 bits per heavy atom. The predicted octanol–water partition coefficient (Wildman–Crippen LogP) is 4.73. The van der Waals surface area contributed by atoms with Crippen LogP contribution < -0.4 is 20.7 Å². The van der Waals surface area contributed by atoms with Gasteiger partial charge in [0.25, 0.3) is 11.8 Å². The van der Waals surface area contributed by atoms with E-state index in [0.29, 0.717) is 17.0 Å². The van der Waals surface area contributed by atoms with E-state index in [0.717, 1.165) is 17.2 Å². The normalized spacial score (nSPS) is 10.4. The first-order valence-corrected chi connectivity index (χ1v) is 10.7. The zero-order chi connectivity index (χ0) is 24.8. The van der Waals surface area contributed by atoms with Crippen molar-refractivity contribution < 1.29 is 23.5 Å². The summed E-state index contributed by atoms with van der Waals surface area (Å²) in [6.07, 6.45) is 0. The van der Waals surface area contributed by atoms with Crippen molar-refractivity contribution in [2.24, 2.45) is 0 Å². The summed E-state index contributed by atoms with van der Waals surface area (Å²) in [5, 5.41) is 7.94. The van der Waals surface area contributed by atoms with Crippen LogP contribution in [-0.4, -0.2) is 31.4 Å². The van der Waals surface area contributed by atoms with Crippen molar-refractivity contribution in [2.75, 3.05) is 24.3 Å². The highest BCUT2D eigenvalue weighted by molar-refractivity contribution is 6.30. The number of anilines is 2. The summed E-state index contributed by atoms with van der Waals surface area (Å²) >= 11 is 5.73. The maximum absolute atomic E-state index is 14.1. The van der Waals surface area contributed by atoms with E-state index < -0.39 is 17.6 Å². The highest BCUT2D eigenvalue weighted by atomic mass is 35.5. The zero-order valence-electron chi connectivity index (χ0n) is 18.8. The van der Waals surface area contributed by atoms with Crippen LogP contribution in [0, 0.1) is 19.7 Å². The lowest BCUT2D eigenvalue weighted by atomic mass is 10.1. The van der Waals surface area contributed by atoms with Gasteiger partial charge in [0.05, 0.1) is 24.9 Å². The summed E-state index contributed by atoms with van der Waals surface area (Å²) in [4.78, 5) is 37.2. The van der Waals surface area contributed by atoms with E-state index in [4.69, 9.17) is 16.3 Å². The van der Waals surface area contributed by atoms with E-state index in [1.807, 2.05) is 19.9 Å². The third kappa shape index (κ3) is 6.11. The van der Waals surface area contributed by atoms with Crippen molar-refractivity contribution in [1.82, 2.24) is 5.32 Å². The van der Waals surface area contributed by atoms with Crippen molar-refractivity contribution in [3.05, 3.63) is 87.7 Å². The highest BCUT2D eigenvalue weighted by Crippen LogP contribution is 2.29. The monoisotopic (exact) mass is 483 g/mol. The largest absolute Gasteiger partial charge is 0.495 e. The Hall–Kier alpha value is -3.91. The number of amides is 3. The minimum Gasteiger partial charge on any atom is -0.495 e. The number of aryl methyl sites for hydroxylation is 2. The molecule has 0 radical (unpaired) electrons. The van der Waals surface area contributed by atoms with Gasteiger partial charge < -0.3 is 20.7 Å². The molecule has 3 amide bonds. The van der Waals surface area contributed by atoms with Gasteiger partial charge >= 0.3 is 0 Å². The number of benzene rings is 3. The van der Waals surface area contributed by atoms with E-state index in [1.165, 1.54) is 31.4 Å². The van der Waals surface area contributed by atoms with E-state index in [9.17, 15) is 18.8 Å². The van der Waals surface area contributed by atoms with Crippen molar-refractivity contribution in [1.29, 1.82) is 0 Å². The topological polar surface area (TPSA) is 96.5 Å². The van der Waals surface area contributed by atoms with Gasteiger partial charge in [-0.2, -0.15) is 0 Å². The van der Waals surface area contributed by atoms with Gasteiger partial charge in [-0.25, -0.2) is 4.39 Å². The Balaban J connectivity index is 1.66. The number of carbonyl (C=O) groups is 3. The fourth-order valence-electron chi connectivity index (χ4n) is 3.10. The molecule has 3 rings (SSSR count). The van der Waals surface area contributed by atoms with Gasteiger partial charge in [0.2, 0.25) is 5.91 Å². The van der Waals surface area contributed by atoms with Crippen LogP contribution >= 0.6 is 11.6 Å². The third-order valence-electron chi connectivity index (χ3n) is 5.09. The second-order valence-electron chi connectivity index (χ2n) is 7.52. The van der Waals surface area contributed by atoms with Gasteiger partial charge in [-0.1, -0.05) is 17.7 Å². The number of halogens is 2. The van der Waals surface area contributed by atoms with Crippen molar-refractivity contribution in [2.45, 2.75) is 13.8 Å². The molecule has 0 atom stereocenters. The molecule has 9 heteroatoms. The quantitative estimate of drug-likeness (QED) is 0.453. The molecule has 0 aromatic heterocycles. The molecule has 0 saturated heterocycles. The molecule has 3 aromatic carbocycles. The Bertz CT molecular complexity index is 1260. The third-order valence-corrected chi connectivity index (χ3v) is 5.32. The molecular weight excluding hydrogens is 461 g/mol. The smallest absolute Gasteiger partial charge is 0.258 e. The fourth-order valence-corrected chi connectivity index (χ4v) is 3.26. The van der Waals surface area contributed by atoms with Gasteiger partial charge in [-0.05, 0) is 73.5 Å². The van der Waals surface area contributed by atoms with E-state index in [-0.39, 0.29) is 28.7 Å². The zero-order valence-corrected chi connectivity index (χ0v) is 19.5. The lowest BCUT2D eigenvalue weighted by molar-refractivity contribution is -0.115. The van der Waals surface area contributed by atoms with Crippen LogP contribution in [0.15, 0.2) is 54.6 Å². The van der Waals surface area contributed by atoms with Crippen molar-refractivity contribution in [3.63, 3.8) is 0 Å². The van der Waals surface area contributed by atoms with Crippen LogP contribution in [0.5, 0.6) is 5.75 Å². The summed E-state index contributed by atoms with van der Waals surface area (Å²) in [6, 6.07) is 13.6. The second-order valence-corrected chi connectivity index (χ2v) is 7.96. The summed E-state index contributed by atoms with van der Waals surface area (Å²) in [6.45, 7) is 3.59. The molecule has 0 fully saturated rings. The Morgan fingerprint density at radius 2 is 1.68 bits per heavy atom. The van der Waals surface area contributed by atoms with Crippen LogP contribution in [0.25, 0.3) is 0 Å². The number of carbonyl (C=O) groups excluding carboxylic acids is 3. The van der Waals surface area contributed by atoms with Gasteiger partial charge in [-0.3, -0.25) is 14.4 Å². The van der Waals surface area contributed by atoms with Crippen LogP contribution in [0.1, 0.15) is 31.8 Å². The molecule has 7 nitrogen and oxygen atoms in total. The summed E-state index contributed by atoms with van der Waals surface area (Å²) in [5.41, 5.74) is 2.87. The molecule has 0 unspecified atom stereocenters. The Kier molecular flexibility index (Phi) is 7.86. The van der Waals surface area contributed by atoms with Crippen LogP contribution in [0.3, 0.4) is 0 Å². The molecule has 0 spiro atoms. The summed E-state index contributed by atoms with van der Waals surface area (Å²) in [5.74, 6) is -2.01. The average molecular weight is 484 g/mol. The van der Waals surface area contributed by atoms with Crippen LogP contribution in [0.2, 0.25) is 5.02 Å². The van der Waals surface area contributed by atoms with Crippen LogP contribution in [-0.2, 0) is 4.79 Å². The SMILES string of the molecule is COc1ccc(NC(=O)CNC(=O)c2ccc(C)c(C)c2)cc1NC(=O)c1ccc(Cl)cc1F. The van der Waals surface area contributed by atoms with E-state index >= 15 is 0 Å². The van der Waals surface area contributed by atoms with E-state index in [1.54, 1.807) is 18.2 Å². The molecule has 3 N–H and O–H groups in total. The van der Waals surface area contributed by atoms with Gasteiger partial charge in [0.1, 0.15) is 11.6 Å². The van der Waals surface area contributed by atoms with Crippen molar-refractivity contribution >= 4 is 40.7 Å². The molecular formula is C25H23ClFN3O4. The lowest BCUT2D eigenvalue weighted by Crippen LogP contribution is -2.32. The standard InChI is InChI=1S/C25H23ClFN3O4/c1-14-4-5-16(10-15(14)2)24(32)28-13-23(31)29-18-7-9-22(34-3)21(12-18)30-25(33)19-8-6-17(26)11-20(19)27/h4-12H,13H2,1-3H3,(H,28,32)(H,29,31)(H,30,33). The molecule has 0 heterocycles. The van der Waals surface area contributed by atoms with Crippen molar-refractivity contribution in [3.8, 4) is 5.75 Å². The summed E-state index contributed by atoms with van der Waals surface area (Å²) < 4.78 is 19.3. The molecule has 0 saturated carbocycles. The minimum atomic E-state index is -0.770. The van der Waals surface area contributed by atoms with Crippen LogP contribution in [0.4, 0.5) is 15.8 Å². The minimum absolute atomic E-state index is 0.168. The number of hydrogen-bond donors (Lipinski definition) is 3. The van der Waals surface area contributed by atoms with E-state index in [2.05, 4.69) is 16.0 Å². The Labute approximate surface area is 201 Å². The number of hydrogen-bond acceptors (Lipinski definition) is 4.